The summed E-state index contributed by atoms with van der Waals surface area (Å²) >= 11 is 0. The Morgan fingerprint density at radius 3 is 2.46 bits per heavy atom. The molecule has 3 aromatic rings. The number of pyridine rings is 1. The molecule has 1 saturated carbocycles. The predicted molar refractivity (Wildman–Crippen MR) is 156 cm³/mol. The predicted octanol–water partition coefficient (Wildman–Crippen LogP) is 5.81. The van der Waals surface area contributed by atoms with Gasteiger partial charge in [-0.25, -0.2) is 9.78 Å². The fraction of sp³-hybridized carbons (Fsp3) is 0.344. The van der Waals surface area contributed by atoms with Crippen LogP contribution in [0.5, 0.6) is 0 Å². The number of hydrogen-bond acceptors (Lipinski definition) is 5. The summed E-state index contributed by atoms with van der Waals surface area (Å²) in [4.78, 5) is 22.3. The molecule has 200 valence electrons. The van der Waals surface area contributed by atoms with Crippen molar-refractivity contribution in [3.8, 4) is 6.07 Å². The molecule has 0 bridgehead atoms. The van der Waals surface area contributed by atoms with E-state index in [9.17, 15) is 4.79 Å². The number of likely N-dealkylation sites (N-methyl/N-ethyl adjacent to an activating group) is 1. The highest BCUT2D eigenvalue weighted by Crippen LogP contribution is 2.31. The average molecular weight is 521 g/mol. The minimum Gasteiger partial charge on any atom is -0.367 e. The summed E-state index contributed by atoms with van der Waals surface area (Å²) < 4.78 is 0. The number of hydrogen-bond donors (Lipinski definition) is 2. The largest absolute Gasteiger partial charge is 0.367 e. The number of amides is 2. The van der Waals surface area contributed by atoms with Gasteiger partial charge in [-0.15, -0.1) is 0 Å². The van der Waals surface area contributed by atoms with Gasteiger partial charge in [-0.3, -0.25) is 4.90 Å². The van der Waals surface area contributed by atoms with Crippen molar-refractivity contribution >= 4 is 23.1 Å². The Labute approximate surface area is 231 Å². The van der Waals surface area contributed by atoms with Gasteiger partial charge in [-0.05, 0) is 80.1 Å². The number of anilines is 2. The van der Waals surface area contributed by atoms with E-state index < -0.39 is 0 Å². The maximum atomic E-state index is 13.6. The molecule has 2 aliphatic rings. The average Bonchev–Trinajstić information content (AvgIpc) is 2.99. The molecule has 0 radical (unpaired) electrons. The second kappa shape index (κ2) is 12.6. The van der Waals surface area contributed by atoms with E-state index in [0.717, 1.165) is 62.3 Å². The minimum atomic E-state index is -0.0599. The molecule has 1 fully saturated rings. The van der Waals surface area contributed by atoms with Crippen LogP contribution in [0.1, 0.15) is 48.8 Å². The highest BCUT2D eigenvalue weighted by Gasteiger charge is 2.30. The lowest BCUT2D eigenvalue weighted by atomic mass is 9.89. The van der Waals surface area contributed by atoms with E-state index in [-0.39, 0.29) is 18.1 Å². The van der Waals surface area contributed by atoms with Gasteiger partial charge in [0.2, 0.25) is 0 Å². The number of carbonyl (C=O) groups is 1. The Kier molecular flexibility index (Phi) is 8.55. The van der Waals surface area contributed by atoms with Crippen molar-refractivity contribution in [2.24, 2.45) is 0 Å². The molecule has 1 aromatic heterocycles. The topological polar surface area (TPSA) is 84.3 Å². The van der Waals surface area contributed by atoms with Gasteiger partial charge in [-0.1, -0.05) is 48.5 Å². The third kappa shape index (κ3) is 6.84. The van der Waals surface area contributed by atoms with Gasteiger partial charge in [0.25, 0.3) is 0 Å². The Balaban J connectivity index is 1.28. The summed E-state index contributed by atoms with van der Waals surface area (Å²) in [5.74, 6) is 0.786. The monoisotopic (exact) mass is 520 g/mol. The van der Waals surface area contributed by atoms with Gasteiger partial charge >= 0.3 is 6.03 Å². The summed E-state index contributed by atoms with van der Waals surface area (Å²) in [6.45, 7) is 2.53. The summed E-state index contributed by atoms with van der Waals surface area (Å²) in [6.07, 6.45) is 8.61. The highest BCUT2D eigenvalue weighted by molar-refractivity contribution is 5.93. The molecule has 7 nitrogen and oxygen atoms in total. The van der Waals surface area contributed by atoms with Crippen LogP contribution >= 0.6 is 0 Å². The maximum absolute atomic E-state index is 13.6. The molecule has 0 unspecified atom stereocenters. The van der Waals surface area contributed by atoms with Crippen LogP contribution in [0, 0.1) is 11.3 Å². The van der Waals surface area contributed by atoms with E-state index in [2.05, 4.69) is 64.0 Å². The molecule has 1 aliphatic carbocycles. The van der Waals surface area contributed by atoms with Crippen molar-refractivity contribution in [3.05, 3.63) is 95.7 Å². The normalized spacial score (nSPS) is 19.4. The number of benzene rings is 2. The number of rotatable bonds is 7. The van der Waals surface area contributed by atoms with Gasteiger partial charge in [-0.2, -0.15) is 5.26 Å². The van der Waals surface area contributed by atoms with Crippen LogP contribution in [-0.4, -0.2) is 48.1 Å². The zero-order chi connectivity index (χ0) is 27.0. The molecule has 1 aliphatic heterocycles. The Morgan fingerprint density at radius 1 is 1.05 bits per heavy atom. The molecule has 7 heteroatoms. The molecular formula is C32H36N6O. The fourth-order valence-corrected chi connectivity index (χ4v) is 5.45. The van der Waals surface area contributed by atoms with Crippen molar-refractivity contribution in [2.75, 3.05) is 30.4 Å². The van der Waals surface area contributed by atoms with Crippen molar-refractivity contribution in [2.45, 2.75) is 50.7 Å². The quantitative estimate of drug-likeness (QED) is 0.411. The molecule has 2 aromatic carbocycles. The van der Waals surface area contributed by atoms with E-state index >= 15 is 0 Å². The molecule has 2 N–H and O–H groups in total. The zero-order valence-corrected chi connectivity index (χ0v) is 22.5. The second-order valence-electron chi connectivity index (χ2n) is 10.5. The summed E-state index contributed by atoms with van der Waals surface area (Å²) in [5, 5.41) is 15.7. The molecule has 2 amide bonds. The van der Waals surface area contributed by atoms with E-state index in [1.807, 2.05) is 41.3 Å². The van der Waals surface area contributed by atoms with Crippen molar-refractivity contribution in [1.29, 1.82) is 5.26 Å². The second-order valence-corrected chi connectivity index (χ2v) is 10.5. The van der Waals surface area contributed by atoms with Crippen LogP contribution in [0.3, 0.4) is 0 Å². The van der Waals surface area contributed by atoms with Gasteiger partial charge in [0, 0.05) is 43.6 Å². The number of aromatic nitrogens is 1. The van der Waals surface area contributed by atoms with Crippen LogP contribution in [0.15, 0.2) is 79.0 Å². The van der Waals surface area contributed by atoms with Gasteiger partial charge < -0.3 is 15.5 Å². The zero-order valence-electron chi connectivity index (χ0n) is 22.5. The van der Waals surface area contributed by atoms with E-state index in [1.165, 1.54) is 11.1 Å². The lowest BCUT2D eigenvalue weighted by molar-refractivity contribution is 0.240. The van der Waals surface area contributed by atoms with Crippen molar-refractivity contribution < 1.29 is 4.79 Å². The SMILES string of the molecule is CN1CC=C(c2ccc(N(C(=O)NCc3ccccc3)[C@H]3CC[C@H](Nc4ccc(C#N)cn4)CC3)cc2)CC1. The molecule has 5 rings (SSSR count). The van der Waals surface area contributed by atoms with E-state index in [0.29, 0.717) is 12.1 Å². The minimum absolute atomic E-state index is 0.0599. The number of nitrogens with one attached hydrogen (secondary N) is 2. The highest BCUT2D eigenvalue weighted by atomic mass is 16.2. The fourth-order valence-electron chi connectivity index (χ4n) is 5.45. The van der Waals surface area contributed by atoms with E-state index in [4.69, 9.17) is 5.26 Å². The molecule has 0 atom stereocenters. The van der Waals surface area contributed by atoms with Crippen LogP contribution in [0.4, 0.5) is 16.3 Å². The summed E-state index contributed by atoms with van der Waals surface area (Å²) in [7, 11) is 2.15. The standard InChI is InChI=1S/C32H36N6O/c1-37-19-17-27(18-20-37)26-8-12-29(13-9-26)38(32(39)35-22-24-5-3-2-4-6-24)30-14-10-28(11-15-30)36-31-16-7-25(21-33)23-34-31/h2-9,12-13,16-17,23,28,30H,10-11,14-15,18-20,22H2,1H3,(H,34,36)(H,35,39)/t28-,30-. The van der Waals surface area contributed by atoms with Crippen LogP contribution in [-0.2, 0) is 6.54 Å². The van der Waals surface area contributed by atoms with Gasteiger partial charge in [0.1, 0.15) is 11.9 Å². The van der Waals surface area contributed by atoms with Gasteiger partial charge in [0.05, 0.1) is 5.56 Å². The van der Waals surface area contributed by atoms with Crippen LogP contribution < -0.4 is 15.5 Å². The van der Waals surface area contributed by atoms with Crippen molar-refractivity contribution in [3.63, 3.8) is 0 Å². The number of carbonyl (C=O) groups excluding carboxylic acids is 1. The Bertz CT molecular complexity index is 1310. The Morgan fingerprint density at radius 2 is 1.82 bits per heavy atom. The van der Waals surface area contributed by atoms with Crippen LogP contribution in [0.2, 0.25) is 0 Å². The van der Waals surface area contributed by atoms with E-state index in [1.54, 1.807) is 12.3 Å². The van der Waals surface area contributed by atoms with Crippen molar-refractivity contribution in [1.82, 2.24) is 15.2 Å². The first-order chi connectivity index (χ1) is 19.1. The summed E-state index contributed by atoms with van der Waals surface area (Å²) in [6, 6.07) is 24.6. The molecule has 2 heterocycles. The number of nitriles is 1. The maximum Gasteiger partial charge on any atom is 0.322 e. The smallest absolute Gasteiger partial charge is 0.322 e. The molecule has 39 heavy (non-hydrogen) atoms. The Hall–Kier alpha value is -4.15. The third-order valence-corrected chi connectivity index (χ3v) is 7.74. The first-order valence-corrected chi connectivity index (χ1v) is 13.8. The first kappa shape index (κ1) is 26.5. The lowest BCUT2D eigenvalue weighted by Crippen LogP contribution is -2.48. The van der Waals surface area contributed by atoms with Gasteiger partial charge in [0.15, 0.2) is 0 Å². The molecule has 0 spiro atoms. The third-order valence-electron chi connectivity index (χ3n) is 7.74. The molecule has 0 saturated heterocycles. The lowest BCUT2D eigenvalue weighted by Gasteiger charge is -2.37. The molecular weight excluding hydrogens is 484 g/mol. The van der Waals surface area contributed by atoms with Crippen LogP contribution in [0.25, 0.3) is 5.57 Å². The first-order valence-electron chi connectivity index (χ1n) is 13.8. The number of nitrogens with zero attached hydrogens (tertiary/aromatic N) is 4. The number of urea groups is 1. The summed E-state index contributed by atoms with van der Waals surface area (Å²) in [5.41, 5.74) is 5.18.